The van der Waals surface area contributed by atoms with E-state index in [1.807, 2.05) is 0 Å². The van der Waals surface area contributed by atoms with E-state index in [-0.39, 0.29) is 23.9 Å². The van der Waals surface area contributed by atoms with Gasteiger partial charge >= 0.3 is 0 Å². The highest BCUT2D eigenvalue weighted by molar-refractivity contribution is 8.18. The Morgan fingerprint density at radius 3 is 2.78 bits per heavy atom. The number of hydrogen-bond acceptors (Lipinski definition) is 5. The van der Waals surface area contributed by atoms with Crippen molar-refractivity contribution in [3.8, 4) is 0 Å². The van der Waals surface area contributed by atoms with Crippen LogP contribution in [0.5, 0.6) is 0 Å². The average Bonchev–Trinajstić information content (AvgIpc) is 2.92. The van der Waals surface area contributed by atoms with Crippen molar-refractivity contribution in [3.05, 3.63) is 68.8 Å². The van der Waals surface area contributed by atoms with Gasteiger partial charge in [-0.3, -0.25) is 24.3 Å². The minimum absolute atomic E-state index is 0.0718. The van der Waals surface area contributed by atoms with E-state index >= 15 is 0 Å². The lowest BCUT2D eigenvalue weighted by atomic mass is 10.2. The molecule has 0 saturated carbocycles. The summed E-state index contributed by atoms with van der Waals surface area (Å²) in [4.78, 5) is 41.8. The summed E-state index contributed by atoms with van der Waals surface area (Å²) in [5, 5.41) is 3.13. The van der Waals surface area contributed by atoms with Gasteiger partial charge in [0.05, 0.1) is 10.5 Å². The van der Waals surface area contributed by atoms with Crippen LogP contribution in [0.25, 0.3) is 6.08 Å². The second-order valence-corrected chi connectivity index (χ2v) is 7.33. The van der Waals surface area contributed by atoms with Gasteiger partial charge in [-0.1, -0.05) is 29.3 Å². The normalized spacial score (nSPS) is 15.5. The number of thioether (sulfide) groups is 1. The van der Waals surface area contributed by atoms with E-state index in [1.165, 1.54) is 6.20 Å². The summed E-state index contributed by atoms with van der Waals surface area (Å²) >= 11 is 12.8. The lowest BCUT2D eigenvalue weighted by molar-refractivity contribution is -0.122. The van der Waals surface area contributed by atoms with Crippen molar-refractivity contribution in [2.45, 2.75) is 0 Å². The molecule has 3 amide bonds. The van der Waals surface area contributed by atoms with E-state index in [0.717, 1.165) is 16.7 Å². The number of pyridine rings is 1. The Morgan fingerprint density at radius 2 is 2.07 bits per heavy atom. The van der Waals surface area contributed by atoms with Crippen LogP contribution in [0.15, 0.2) is 47.6 Å². The summed E-state index contributed by atoms with van der Waals surface area (Å²) in [5.74, 6) is -0.745. The van der Waals surface area contributed by atoms with Crippen LogP contribution in [0, 0.1) is 0 Å². The second-order valence-electron chi connectivity index (χ2n) is 5.50. The third kappa shape index (κ3) is 4.68. The Labute approximate surface area is 169 Å². The van der Waals surface area contributed by atoms with Crippen LogP contribution in [0.2, 0.25) is 10.0 Å². The summed E-state index contributed by atoms with van der Waals surface area (Å²) in [6.07, 6.45) is 4.56. The third-order valence-electron chi connectivity index (χ3n) is 3.67. The van der Waals surface area contributed by atoms with Gasteiger partial charge in [0.25, 0.3) is 17.1 Å². The molecule has 1 aromatic heterocycles. The molecule has 1 aromatic carbocycles. The Balaban J connectivity index is 1.62. The van der Waals surface area contributed by atoms with Crippen LogP contribution in [0.1, 0.15) is 15.9 Å². The number of carbonyl (C=O) groups excluding carboxylic acids is 3. The summed E-state index contributed by atoms with van der Waals surface area (Å²) in [7, 11) is 0. The van der Waals surface area contributed by atoms with Crippen LogP contribution in [0.4, 0.5) is 4.79 Å². The van der Waals surface area contributed by atoms with Crippen molar-refractivity contribution in [2.24, 2.45) is 0 Å². The van der Waals surface area contributed by atoms with Crippen molar-refractivity contribution < 1.29 is 14.4 Å². The van der Waals surface area contributed by atoms with Gasteiger partial charge in [0, 0.05) is 35.5 Å². The Morgan fingerprint density at radius 1 is 1.26 bits per heavy atom. The van der Waals surface area contributed by atoms with Crippen LogP contribution in [-0.2, 0) is 4.79 Å². The van der Waals surface area contributed by atoms with Gasteiger partial charge in [-0.25, -0.2) is 0 Å². The number of nitrogens with zero attached hydrogens (tertiary/aromatic N) is 2. The SMILES string of the molecule is O=C(NCCN1C(=O)S/C(=C/c2ccc(Cl)cc2Cl)C1=O)c1cccnc1. The topological polar surface area (TPSA) is 79.4 Å². The predicted molar refractivity (Wildman–Crippen MR) is 106 cm³/mol. The third-order valence-corrected chi connectivity index (χ3v) is 5.14. The number of hydrogen-bond donors (Lipinski definition) is 1. The first-order valence-electron chi connectivity index (χ1n) is 7.84. The van der Waals surface area contributed by atoms with E-state index in [1.54, 1.807) is 42.6 Å². The molecule has 1 fully saturated rings. The van der Waals surface area contributed by atoms with E-state index in [9.17, 15) is 14.4 Å². The number of nitrogens with one attached hydrogen (secondary N) is 1. The maximum Gasteiger partial charge on any atom is 0.293 e. The number of carbonyl (C=O) groups is 3. The molecule has 27 heavy (non-hydrogen) atoms. The quantitative estimate of drug-likeness (QED) is 0.741. The molecule has 0 bridgehead atoms. The number of halogens is 2. The predicted octanol–water partition coefficient (Wildman–Crippen LogP) is 3.85. The molecule has 1 saturated heterocycles. The molecule has 1 aliphatic heterocycles. The fraction of sp³-hybridized carbons (Fsp3) is 0.111. The second kappa shape index (κ2) is 8.56. The largest absolute Gasteiger partial charge is 0.350 e. The molecule has 0 atom stereocenters. The van der Waals surface area contributed by atoms with Gasteiger partial charge in [-0.05, 0) is 47.7 Å². The van der Waals surface area contributed by atoms with E-state index < -0.39 is 11.1 Å². The van der Waals surface area contributed by atoms with Gasteiger partial charge in [0.15, 0.2) is 0 Å². The van der Waals surface area contributed by atoms with Crippen LogP contribution >= 0.6 is 35.0 Å². The van der Waals surface area contributed by atoms with Gasteiger partial charge in [0.2, 0.25) is 0 Å². The molecule has 1 aliphatic rings. The lowest BCUT2D eigenvalue weighted by Gasteiger charge is -2.12. The fourth-order valence-electron chi connectivity index (χ4n) is 2.33. The van der Waals surface area contributed by atoms with Gasteiger partial charge in [0.1, 0.15) is 0 Å². The van der Waals surface area contributed by atoms with Gasteiger partial charge in [-0.15, -0.1) is 0 Å². The summed E-state index contributed by atoms with van der Waals surface area (Å²) in [5.41, 5.74) is 1.00. The van der Waals surface area contributed by atoms with Crippen molar-refractivity contribution >= 4 is 58.1 Å². The molecule has 6 nitrogen and oxygen atoms in total. The van der Waals surface area contributed by atoms with E-state index in [0.29, 0.717) is 21.2 Å². The Bertz CT molecular complexity index is 935. The molecule has 0 radical (unpaired) electrons. The molecule has 0 spiro atoms. The highest BCUT2D eigenvalue weighted by Crippen LogP contribution is 2.33. The number of benzene rings is 1. The van der Waals surface area contributed by atoms with Crippen molar-refractivity contribution in [1.29, 1.82) is 0 Å². The number of imide groups is 1. The minimum Gasteiger partial charge on any atom is -0.350 e. The molecule has 1 N–H and O–H groups in total. The van der Waals surface area contributed by atoms with Crippen molar-refractivity contribution in [2.75, 3.05) is 13.1 Å². The van der Waals surface area contributed by atoms with Gasteiger partial charge < -0.3 is 5.32 Å². The highest BCUT2D eigenvalue weighted by Gasteiger charge is 2.34. The summed E-state index contributed by atoms with van der Waals surface area (Å²) in [6, 6.07) is 8.16. The van der Waals surface area contributed by atoms with Gasteiger partial charge in [-0.2, -0.15) is 0 Å². The first-order chi connectivity index (χ1) is 13.0. The minimum atomic E-state index is -0.424. The molecule has 0 aliphatic carbocycles. The van der Waals surface area contributed by atoms with Crippen LogP contribution in [0.3, 0.4) is 0 Å². The standard InChI is InChI=1S/C18H13Cl2N3O3S/c19-13-4-3-11(14(20)9-13)8-15-17(25)23(18(26)27-15)7-6-22-16(24)12-2-1-5-21-10-12/h1-5,8-10H,6-7H2,(H,22,24)/b15-8+. The Hall–Kier alpha value is -2.35. The van der Waals surface area contributed by atoms with Crippen LogP contribution in [-0.4, -0.2) is 40.0 Å². The fourth-order valence-corrected chi connectivity index (χ4v) is 3.65. The first kappa shape index (κ1) is 19.4. The molecule has 9 heteroatoms. The van der Waals surface area contributed by atoms with E-state index in [4.69, 9.17) is 23.2 Å². The van der Waals surface area contributed by atoms with Crippen molar-refractivity contribution in [3.63, 3.8) is 0 Å². The zero-order valence-corrected chi connectivity index (χ0v) is 16.1. The maximum absolute atomic E-state index is 12.5. The van der Waals surface area contributed by atoms with Crippen LogP contribution < -0.4 is 5.32 Å². The number of amides is 3. The smallest absolute Gasteiger partial charge is 0.293 e. The zero-order valence-electron chi connectivity index (χ0n) is 13.8. The molecular weight excluding hydrogens is 409 g/mol. The molecule has 2 heterocycles. The molecule has 138 valence electrons. The zero-order chi connectivity index (χ0) is 19.4. The molecular formula is C18H13Cl2N3O3S. The molecule has 3 rings (SSSR count). The first-order valence-corrected chi connectivity index (χ1v) is 9.41. The van der Waals surface area contributed by atoms with Crippen molar-refractivity contribution in [1.82, 2.24) is 15.2 Å². The summed E-state index contributed by atoms with van der Waals surface area (Å²) < 4.78 is 0. The lowest BCUT2D eigenvalue weighted by Crippen LogP contribution is -2.37. The average molecular weight is 422 g/mol. The number of rotatable bonds is 5. The maximum atomic E-state index is 12.5. The monoisotopic (exact) mass is 421 g/mol. The number of aromatic nitrogens is 1. The Kier molecular flexibility index (Phi) is 6.15. The highest BCUT2D eigenvalue weighted by atomic mass is 35.5. The molecule has 2 aromatic rings. The molecule has 0 unspecified atom stereocenters. The van der Waals surface area contributed by atoms with E-state index in [2.05, 4.69) is 10.3 Å². The summed E-state index contributed by atoms with van der Waals surface area (Å²) in [6.45, 7) is 0.211.